The first kappa shape index (κ1) is 27.9. The van der Waals surface area contributed by atoms with Crippen molar-refractivity contribution in [2.75, 3.05) is 44.2 Å². The molecule has 12 heteroatoms. The Hall–Kier alpha value is -3.69. The van der Waals surface area contributed by atoms with Crippen molar-refractivity contribution < 1.29 is 19.4 Å². The van der Waals surface area contributed by atoms with Crippen LogP contribution in [-0.4, -0.2) is 94.9 Å². The zero-order valence-electron chi connectivity index (χ0n) is 23.5. The summed E-state index contributed by atoms with van der Waals surface area (Å²) in [6.07, 6.45) is 4.35. The molecule has 0 spiro atoms. The van der Waals surface area contributed by atoms with Crippen molar-refractivity contribution >= 4 is 47.7 Å². The number of ether oxygens (including phenoxy) is 1. The van der Waals surface area contributed by atoms with Gasteiger partial charge in [0, 0.05) is 71.5 Å². The van der Waals surface area contributed by atoms with E-state index in [4.69, 9.17) is 9.72 Å². The van der Waals surface area contributed by atoms with Crippen LogP contribution in [0.15, 0.2) is 24.5 Å². The van der Waals surface area contributed by atoms with Crippen LogP contribution < -0.4 is 4.90 Å². The molecule has 5 rings (SSSR count). The maximum atomic E-state index is 13.0. The molecule has 1 atom stereocenters. The van der Waals surface area contributed by atoms with Gasteiger partial charge in [0.15, 0.2) is 0 Å². The van der Waals surface area contributed by atoms with Gasteiger partial charge in [-0.3, -0.25) is 9.36 Å². The molecule has 2 fully saturated rings. The van der Waals surface area contributed by atoms with Crippen molar-refractivity contribution in [2.45, 2.75) is 57.7 Å². The van der Waals surface area contributed by atoms with Crippen LogP contribution in [0.1, 0.15) is 25.0 Å². The Morgan fingerprint density at radius 3 is 2.65 bits per heavy atom. The average Bonchev–Trinajstić information content (AvgIpc) is 3.53. The smallest absolute Gasteiger partial charge is 0.407 e. The molecule has 2 aliphatic rings. The summed E-state index contributed by atoms with van der Waals surface area (Å²) in [5.74, 6) is 0.00878. The summed E-state index contributed by atoms with van der Waals surface area (Å²) in [5.41, 5.74) is 3.01. The van der Waals surface area contributed by atoms with Gasteiger partial charge in [-0.1, -0.05) is 19.6 Å². The van der Waals surface area contributed by atoms with Crippen LogP contribution in [0.25, 0.3) is 21.9 Å². The van der Waals surface area contributed by atoms with Gasteiger partial charge in [-0.15, -0.1) is 0 Å². The number of rotatable bonds is 8. The third kappa shape index (κ3) is 5.76. The predicted molar refractivity (Wildman–Crippen MR) is 155 cm³/mol. The van der Waals surface area contributed by atoms with Gasteiger partial charge in [0.1, 0.15) is 24.1 Å². The van der Waals surface area contributed by atoms with Gasteiger partial charge in [-0.25, -0.2) is 14.8 Å². The van der Waals surface area contributed by atoms with E-state index in [1.54, 1.807) is 12.4 Å². The minimum absolute atomic E-state index is 0.00878. The Morgan fingerprint density at radius 2 is 1.95 bits per heavy atom. The molecular formula is C28H37N7O4Si. The van der Waals surface area contributed by atoms with Crippen LogP contribution in [0.5, 0.6) is 0 Å². The number of nitrogens with zero attached hydrogens (tertiary/aromatic N) is 7. The highest BCUT2D eigenvalue weighted by molar-refractivity contribution is 6.76. The second-order valence-corrected chi connectivity index (χ2v) is 17.5. The Bertz CT molecular complexity index is 1450. The molecule has 3 aromatic rings. The lowest BCUT2D eigenvalue weighted by molar-refractivity contribution is -0.132. The number of hydrogen-bond donors (Lipinski definition) is 1. The normalized spacial score (nSPS) is 18.1. The lowest BCUT2D eigenvalue weighted by Crippen LogP contribution is -2.50. The Kier molecular flexibility index (Phi) is 7.96. The van der Waals surface area contributed by atoms with E-state index in [2.05, 4.69) is 35.6 Å². The first-order valence-electron chi connectivity index (χ1n) is 13.9. The molecule has 1 N–H and O–H groups in total. The van der Waals surface area contributed by atoms with Gasteiger partial charge in [-0.05, 0) is 31.0 Å². The minimum Gasteiger partial charge on any atom is -0.465 e. The molecule has 40 heavy (non-hydrogen) atoms. The third-order valence-corrected chi connectivity index (χ3v) is 9.65. The number of aromatic nitrogens is 3. The van der Waals surface area contributed by atoms with Crippen molar-refractivity contribution in [1.82, 2.24) is 24.3 Å². The lowest BCUT2D eigenvalue weighted by atomic mass is 10.1. The summed E-state index contributed by atoms with van der Waals surface area (Å²) >= 11 is 0. The number of nitriles is 1. The second-order valence-electron chi connectivity index (χ2n) is 11.8. The third-order valence-electron chi connectivity index (χ3n) is 7.95. The van der Waals surface area contributed by atoms with Gasteiger partial charge in [-0.2, -0.15) is 5.26 Å². The van der Waals surface area contributed by atoms with E-state index < -0.39 is 14.2 Å². The number of piperazine rings is 1. The number of carbonyl (C=O) groups is 2. The molecule has 1 unspecified atom stereocenters. The molecular weight excluding hydrogens is 526 g/mol. The summed E-state index contributed by atoms with van der Waals surface area (Å²) in [6, 6.07) is 6.80. The number of likely N-dealkylation sites (tertiary alicyclic amines) is 1. The molecule has 5 heterocycles. The van der Waals surface area contributed by atoms with Crippen molar-refractivity contribution in [3.05, 3.63) is 30.2 Å². The van der Waals surface area contributed by atoms with Crippen LogP contribution in [0.3, 0.4) is 0 Å². The first-order chi connectivity index (χ1) is 19.2. The summed E-state index contributed by atoms with van der Waals surface area (Å²) in [6.45, 7) is 10.9. The molecule has 2 aliphatic heterocycles. The van der Waals surface area contributed by atoms with E-state index in [-0.39, 0.29) is 18.4 Å². The van der Waals surface area contributed by atoms with Crippen molar-refractivity contribution in [1.29, 1.82) is 5.26 Å². The van der Waals surface area contributed by atoms with E-state index in [0.29, 0.717) is 51.8 Å². The molecule has 0 bridgehead atoms. The maximum absolute atomic E-state index is 13.0. The standard InChI is InChI=1S/C28H37N7O4Si/c1-40(2,3)14-13-39-19-35-24-18-31-20(17-29)15-22(24)26-23(6-7-30-27(26)35)32-9-11-33(12-10-32)25(36)16-21-5-4-8-34(21)28(37)38/h6-7,15,18,21H,4-5,8-14,16,19H2,1-3H3,(H,37,38). The monoisotopic (exact) mass is 563 g/mol. The van der Waals surface area contributed by atoms with Gasteiger partial charge < -0.3 is 24.5 Å². The number of carboxylic acid groups (broad SMARTS) is 1. The predicted octanol–water partition coefficient (Wildman–Crippen LogP) is 3.95. The van der Waals surface area contributed by atoms with E-state index >= 15 is 0 Å². The largest absolute Gasteiger partial charge is 0.465 e. The van der Waals surface area contributed by atoms with Crippen molar-refractivity contribution in [3.8, 4) is 6.07 Å². The maximum Gasteiger partial charge on any atom is 0.407 e. The zero-order chi connectivity index (χ0) is 28.4. The highest BCUT2D eigenvalue weighted by Crippen LogP contribution is 2.36. The van der Waals surface area contributed by atoms with E-state index in [1.807, 2.05) is 21.6 Å². The number of carbonyl (C=O) groups excluding carboxylic acids is 1. The van der Waals surface area contributed by atoms with Crippen molar-refractivity contribution in [2.24, 2.45) is 0 Å². The average molecular weight is 564 g/mol. The van der Waals surface area contributed by atoms with Crippen LogP contribution in [0.4, 0.5) is 10.5 Å². The van der Waals surface area contributed by atoms with Gasteiger partial charge in [0.05, 0.1) is 22.8 Å². The fraction of sp³-hybridized carbons (Fsp3) is 0.536. The number of amides is 2. The Morgan fingerprint density at radius 1 is 1.18 bits per heavy atom. The molecule has 0 aromatic carbocycles. The molecule has 11 nitrogen and oxygen atoms in total. The summed E-state index contributed by atoms with van der Waals surface area (Å²) in [5, 5.41) is 20.8. The van der Waals surface area contributed by atoms with Crippen molar-refractivity contribution in [3.63, 3.8) is 0 Å². The van der Waals surface area contributed by atoms with E-state index in [0.717, 1.165) is 46.5 Å². The molecule has 212 valence electrons. The number of hydrogen-bond acceptors (Lipinski definition) is 7. The van der Waals surface area contributed by atoms with Crippen LogP contribution in [0.2, 0.25) is 25.7 Å². The molecule has 2 amide bonds. The summed E-state index contributed by atoms with van der Waals surface area (Å²) in [4.78, 5) is 39.1. The van der Waals surface area contributed by atoms with E-state index in [9.17, 15) is 20.0 Å². The molecule has 0 radical (unpaired) electrons. The number of anilines is 1. The SMILES string of the molecule is C[Si](C)(C)CCOCn1c2cnc(C#N)cc2c2c(N3CCN(C(=O)CC4CCCN4C(=O)O)CC3)ccnc21. The number of fused-ring (bicyclic) bond motifs is 3. The zero-order valence-corrected chi connectivity index (χ0v) is 24.5. The summed E-state index contributed by atoms with van der Waals surface area (Å²) in [7, 11) is -1.22. The number of pyridine rings is 2. The van der Waals surface area contributed by atoms with Gasteiger partial charge >= 0.3 is 6.09 Å². The highest BCUT2D eigenvalue weighted by Gasteiger charge is 2.32. The quantitative estimate of drug-likeness (QED) is 0.322. The fourth-order valence-corrected chi connectivity index (χ4v) is 6.45. The van der Waals surface area contributed by atoms with Gasteiger partial charge in [0.2, 0.25) is 5.91 Å². The van der Waals surface area contributed by atoms with Gasteiger partial charge in [0.25, 0.3) is 0 Å². The topological polar surface area (TPSA) is 128 Å². The Balaban J connectivity index is 1.36. The van der Waals surface area contributed by atoms with Crippen LogP contribution in [-0.2, 0) is 16.3 Å². The summed E-state index contributed by atoms with van der Waals surface area (Å²) < 4.78 is 8.13. The lowest BCUT2D eigenvalue weighted by Gasteiger charge is -2.37. The van der Waals surface area contributed by atoms with Crippen LogP contribution >= 0.6 is 0 Å². The Labute approximate surface area is 234 Å². The molecule has 0 aliphatic carbocycles. The highest BCUT2D eigenvalue weighted by atomic mass is 28.3. The fourth-order valence-electron chi connectivity index (χ4n) is 5.70. The van der Waals surface area contributed by atoms with Crippen LogP contribution in [0, 0.1) is 11.3 Å². The second kappa shape index (κ2) is 11.4. The molecule has 3 aromatic heterocycles. The molecule has 0 saturated carbocycles. The first-order valence-corrected chi connectivity index (χ1v) is 17.6. The van der Waals surface area contributed by atoms with E-state index in [1.165, 1.54) is 4.90 Å². The molecule has 2 saturated heterocycles. The minimum atomic E-state index is -1.22.